The minimum absolute atomic E-state index is 0.0482. The highest BCUT2D eigenvalue weighted by Crippen LogP contribution is 2.17. The molecule has 0 aliphatic rings. The molecule has 2 rings (SSSR count). The highest BCUT2D eigenvalue weighted by atomic mass is 16.6. The van der Waals surface area contributed by atoms with Crippen molar-refractivity contribution in [1.29, 1.82) is 5.26 Å². The summed E-state index contributed by atoms with van der Waals surface area (Å²) in [4.78, 5) is 22.0. The molecule has 0 aromatic heterocycles. The third-order valence-corrected chi connectivity index (χ3v) is 3.20. The van der Waals surface area contributed by atoms with E-state index in [2.05, 4.69) is 5.32 Å². The Morgan fingerprint density at radius 2 is 2.00 bits per heavy atom. The van der Waals surface area contributed by atoms with E-state index in [4.69, 9.17) is 5.26 Å². The fraction of sp³-hybridized carbons (Fsp3) is 0.125. The minimum Gasteiger partial charge on any atom is -0.387 e. The Labute approximate surface area is 131 Å². The number of nitrogens with one attached hydrogen (secondary N) is 1. The maximum absolute atomic E-state index is 12.0. The van der Waals surface area contributed by atoms with Crippen LogP contribution in [0.3, 0.4) is 0 Å². The molecular weight excluding hydrogens is 298 g/mol. The van der Waals surface area contributed by atoms with Gasteiger partial charge in [-0.2, -0.15) is 5.26 Å². The molecular formula is C16H13N3O4. The van der Waals surface area contributed by atoms with Gasteiger partial charge in [0, 0.05) is 24.2 Å². The lowest BCUT2D eigenvalue weighted by molar-refractivity contribution is -0.384. The molecule has 116 valence electrons. The number of aliphatic hydroxyl groups is 1. The number of hydrogen-bond donors (Lipinski definition) is 2. The second kappa shape index (κ2) is 7.15. The summed E-state index contributed by atoms with van der Waals surface area (Å²) in [6.45, 7) is -0.0482. The number of amides is 1. The lowest BCUT2D eigenvalue weighted by Crippen LogP contribution is -2.28. The van der Waals surface area contributed by atoms with Gasteiger partial charge in [0.15, 0.2) is 0 Å². The third-order valence-electron chi connectivity index (χ3n) is 3.20. The fourth-order valence-corrected chi connectivity index (χ4v) is 1.96. The van der Waals surface area contributed by atoms with Gasteiger partial charge in [-0.1, -0.05) is 6.07 Å². The van der Waals surface area contributed by atoms with Gasteiger partial charge in [-0.05, 0) is 35.9 Å². The quantitative estimate of drug-likeness (QED) is 0.646. The number of hydrogen-bond acceptors (Lipinski definition) is 5. The monoisotopic (exact) mass is 311 g/mol. The molecule has 0 aliphatic carbocycles. The van der Waals surface area contributed by atoms with Gasteiger partial charge in [0.05, 0.1) is 22.7 Å². The summed E-state index contributed by atoms with van der Waals surface area (Å²) in [5.41, 5.74) is 1.08. The smallest absolute Gasteiger partial charge is 0.269 e. The molecule has 1 atom stereocenters. The fourth-order valence-electron chi connectivity index (χ4n) is 1.96. The van der Waals surface area contributed by atoms with Gasteiger partial charge >= 0.3 is 0 Å². The number of carbonyl (C=O) groups excluding carboxylic acids is 1. The van der Waals surface area contributed by atoms with E-state index in [1.165, 1.54) is 30.3 Å². The minimum atomic E-state index is -0.987. The molecule has 0 unspecified atom stereocenters. The number of nitrogens with zero attached hydrogens (tertiary/aromatic N) is 2. The molecule has 0 saturated heterocycles. The first-order chi connectivity index (χ1) is 11.0. The van der Waals surface area contributed by atoms with E-state index >= 15 is 0 Å². The number of rotatable bonds is 5. The summed E-state index contributed by atoms with van der Waals surface area (Å²) < 4.78 is 0. The third kappa shape index (κ3) is 4.12. The van der Waals surface area contributed by atoms with Crippen LogP contribution in [0.25, 0.3) is 0 Å². The van der Waals surface area contributed by atoms with Crippen LogP contribution in [0.15, 0.2) is 48.5 Å². The number of nitriles is 1. The van der Waals surface area contributed by atoms with Crippen molar-refractivity contribution in [3.8, 4) is 6.07 Å². The predicted octanol–water partition coefficient (Wildman–Crippen LogP) is 1.93. The van der Waals surface area contributed by atoms with Crippen LogP contribution in [-0.2, 0) is 0 Å². The Morgan fingerprint density at radius 1 is 1.30 bits per heavy atom. The maximum atomic E-state index is 12.0. The first-order valence-electron chi connectivity index (χ1n) is 6.72. The van der Waals surface area contributed by atoms with E-state index in [1.807, 2.05) is 6.07 Å². The zero-order chi connectivity index (χ0) is 16.8. The number of aliphatic hydroxyl groups excluding tert-OH is 1. The summed E-state index contributed by atoms with van der Waals surface area (Å²) in [7, 11) is 0. The van der Waals surface area contributed by atoms with Crippen molar-refractivity contribution in [2.24, 2.45) is 0 Å². The van der Waals surface area contributed by atoms with E-state index in [0.717, 1.165) is 0 Å². The zero-order valence-corrected chi connectivity index (χ0v) is 12.0. The van der Waals surface area contributed by atoms with Crippen LogP contribution < -0.4 is 5.32 Å². The molecule has 0 fully saturated rings. The van der Waals surface area contributed by atoms with Crippen molar-refractivity contribution >= 4 is 11.6 Å². The number of nitro benzene ring substituents is 1. The van der Waals surface area contributed by atoms with Gasteiger partial charge in [0.25, 0.3) is 11.6 Å². The average Bonchev–Trinajstić information content (AvgIpc) is 2.59. The lowest BCUT2D eigenvalue weighted by Gasteiger charge is -2.12. The first-order valence-corrected chi connectivity index (χ1v) is 6.72. The summed E-state index contributed by atoms with van der Waals surface area (Å²) >= 11 is 0. The second-order valence-corrected chi connectivity index (χ2v) is 4.77. The topological polar surface area (TPSA) is 116 Å². The van der Waals surface area contributed by atoms with Crippen LogP contribution in [-0.4, -0.2) is 22.5 Å². The molecule has 0 bridgehead atoms. The van der Waals surface area contributed by atoms with E-state index in [9.17, 15) is 20.0 Å². The average molecular weight is 311 g/mol. The van der Waals surface area contributed by atoms with Gasteiger partial charge in [-0.25, -0.2) is 0 Å². The Bertz CT molecular complexity index is 766. The molecule has 0 aliphatic heterocycles. The van der Waals surface area contributed by atoms with Crippen LogP contribution in [0.2, 0.25) is 0 Å². The van der Waals surface area contributed by atoms with Gasteiger partial charge in [0.1, 0.15) is 0 Å². The molecule has 0 saturated carbocycles. The number of nitro groups is 1. The van der Waals surface area contributed by atoms with Gasteiger partial charge in [-0.3, -0.25) is 14.9 Å². The predicted molar refractivity (Wildman–Crippen MR) is 81.5 cm³/mol. The van der Waals surface area contributed by atoms with Crippen molar-refractivity contribution < 1.29 is 14.8 Å². The molecule has 1 amide bonds. The second-order valence-electron chi connectivity index (χ2n) is 4.77. The van der Waals surface area contributed by atoms with Gasteiger partial charge < -0.3 is 10.4 Å². The SMILES string of the molecule is N#Cc1cccc(C(=O)NC[C@@H](O)c2ccc([N+](=O)[O-])cc2)c1. The first kappa shape index (κ1) is 16.1. The molecule has 2 aromatic carbocycles. The van der Waals surface area contributed by atoms with E-state index in [0.29, 0.717) is 16.7 Å². The number of carbonyl (C=O) groups is 1. The van der Waals surface area contributed by atoms with Crippen molar-refractivity contribution in [2.45, 2.75) is 6.10 Å². The summed E-state index contributed by atoms with van der Waals surface area (Å²) in [5.74, 6) is -0.414. The highest BCUT2D eigenvalue weighted by Gasteiger charge is 2.13. The zero-order valence-electron chi connectivity index (χ0n) is 12.0. The molecule has 0 heterocycles. The van der Waals surface area contributed by atoms with Gasteiger partial charge in [-0.15, -0.1) is 0 Å². The van der Waals surface area contributed by atoms with Crippen molar-refractivity contribution in [3.63, 3.8) is 0 Å². The Morgan fingerprint density at radius 3 is 2.61 bits per heavy atom. The Balaban J connectivity index is 1.98. The van der Waals surface area contributed by atoms with E-state index < -0.39 is 16.9 Å². The molecule has 2 aromatic rings. The van der Waals surface area contributed by atoms with Crippen LogP contribution in [0.4, 0.5) is 5.69 Å². The highest BCUT2D eigenvalue weighted by molar-refractivity contribution is 5.94. The van der Waals surface area contributed by atoms with E-state index in [-0.39, 0.29) is 12.2 Å². The van der Waals surface area contributed by atoms with Crippen LogP contribution in [0.1, 0.15) is 27.6 Å². The van der Waals surface area contributed by atoms with Crippen molar-refractivity contribution in [2.75, 3.05) is 6.54 Å². The Kier molecular flexibility index (Phi) is 5.02. The molecule has 23 heavy (non-hydrogen) atoms. The summed E-state index contributed by atoms with van der Waals surface area (Å²) in [5, 5.41) is 31.9. The van der Waals surface area contributed by atoms with Gasteiger partial charge in [0.2, 0.25) is 0 Å². The molecule has 7 nitrogen and oxygen atoms in total. The number of benzene rings is 2. The number of non-ortho nitro benzene ring substituents is 1. The van der Waals surface area contributed by atoms with Crippen LogP contribution >= 0.6 is 0 Å². The normalized spacial score (nSPS) is 11.3. The van der Waals surface area contributed by atoms with Crippen molar-refractivity contribution in [1.82, 2.24) is 5.32 Å². The maximum Gasteiger partial charge on any atom is 0.269 e. The molecule has 0 spiro atoms. The summed E-state index contributed by atoms with van der Waals surface area (Å²) in [6.07, 6.45) is -0.987. The molecule has 0 radical (unpaired) electrons. The molecule has 2 N–H and O–H groups in total. The standard InChI is InChI=1S/C16H13N3O4/c17-9-11-2-1-3-13(8-11)16(21)18-10-15(20)12-4-6-14(7-5-12)19(22)23/h1-8,15,20H,10H2,(H,18,21)/t15-/m1/s1. The van der Waals surface area contributed by atoms with Crippen molar-refractivity contribution in [3.05, 3.63) is 75.3 Å². The van der Waals surface area contributed by atoms with Crippen LogP contribution in [0, 0.1) is 21.4 Å². The molecule has 7 heteroatoms. The largest absolute Gasteiger partial charge is 0.387 e. The van der Waals surface area contributed by atoms with Crippen LogP contribution in [0.5, 0.6) is 0 Å². The summed E-state index contributed by atoms with van der Waals surface area (Å²) in [6, 6.07) is 13.6. The Hall–Kier alpha value is -3.24. The lowest BCUT2D eigenvalue weighted by atomic mass is 10.1. The van der Waals surface area contributed by atoms with E-state index in [1.54, 1.807) is 18.2 Å².